The minimum atomic E-state index is -1.000. The highest BCUT2D eigenvalue weighted by Crippen LogP contribution is 2.20. The van der Waals surface area contributed by atoms with Crippen molar-refractivity contribution in [3.05, 3.63) is 0 Å². The van der Waals surface area contributed by atoms with Crippen LogP contribution in [0.4, 0.5) is 0 Å². The molecule has 100 valence electrons. The quantitative estimate of drug-likeness (QED) is 0.721. The number of carbonyl (C=O) groups excluding carboxylic acids is 1. The van der Waals surface area contributed by atoms with E-state index in [0.717, 1.165) is 12.8 Å². The Balaban J connectivity index is 4.14. The van der Waals surface area contributed by atoms with Gasteiger partial charge in [-0.25, -0.2) is 0 Å². The molecule has 4 heteroatoms. The standard InChI is InChI=1S/C13H25NO3/c1-6-9(2)7-10(3)14-11(15)8-13(4,5)12(16)17/h9-10H,6-8H2,1-5H3,(H,14,15)(H,16,17). The SMILES string of the molecule is CCC(C)CC(C)NC(=O)CC(C)(C)C(=O)O. The smallest absolute Gasteiger partial charge is 0.309 e. The number of hydrogen-bond acceptors (Lipinski definition) is 2. The lowest BCUT2D eigenvalue weighted by molar-refractivity contribution is -0.149. The molecule has 0 bridgehead atoms. The number of rotatable bonds is 7. The van der Waals surface area contributed by atoms with Crippen molar-refractivity contribution in [3.8, 4) is 0 Å². The molecule has 2 atom stereocenters. The summed E-state index contributed by atoms with van der Waals surface area (Å²) in [5.41, 5.74) is -1.000. The normalized spacial score (nSPS) is 15.1. The van der Waals surface area contributed by atoms with Crippen LogP contribution in [0.15, 0.2) is 0 Å². The average molecular weight is 243 g/mol. The Labute approximate surface area is 104 Å². The molecule has 2 N–H and O–H groups in total. The Morgan fingerprint density at radius 2 is 1.82 bits per heavy atom. The summed E-state index contributed by atoms with van der Waals surface area (Å²) in [5.74, 6) is -0.562. The van der Waals surface area contributed by atoms with Gasteiger partial charge in [0.2, 0.25) is 5.91 Å². The zero-order chi connectivity index (χ0) is 13.6. The molecule has 2 unspecified atom stereocenters. The number of amides is 1. The number of aliphatic carboxylic acids is 1. The van der Waals surface area contributed by atoms with Gasteiger partial charge in [-0.3, -0.25) is 9.59 Å². The molecule has 0 saturated carbocycles. The second kappa shape index (κ2) is 6.62. The fourth-order valence-electron chi connectivity index (χ4n) is 1.63. The van der Waals surface area contributed by atoms with E-state index in [1.54, 1.807) is 13.8 Å². The van der Waals surface area contributed by atoms with Crippen LogP contribution in [0.25, 0.3) is 0 Å². The molecule has 0 saturated heterocycles. The fourth-order valence-corrected chi connectivity index (χ4v) is 1.63. The minimum absolute atomic E-state index is 0.0210. The summed E-state index contributed by atoms with van der Waals surface area (Å²) < 4.78 is 0. The molecular formula is C13H25NO3. The Bertz CT molecular complexity index is 274. The second-order valence-electron chi connectivity index (χ2n) is 5.58. The van der Waals surface area contributed by atoms with Gasteiger partial charge in [-0.1, -0.05) is 20.3 Å². The van der Waals surface area contributed by atoms with E-state index >= 15 is 0 Å². The molecule has 0 aliphatic rings. The predicted molar refractivity (Wildman–Crippen MR) is 67.7 cm³/mol. The van der Waals surface area contributed by atoms with Crippen molar-refractivity contribution in [2.75, 3.05) is 0 Å². The minimum Gasteiger partial charge on any atom is -0.481 e. The first-order chi connectivity index (χ1) is 7.69. The molecule has 0 aromatic carbocycles. The highest BCUT2D eigenvalue weighted by atomic mass is 16.4. The van der Waals surface area contributed by atoms with Crippen LogP contribution in [0, 0.1) is 11.3 Å². The lowest BCUT2D eigenvalue weighted by atomic mass is 9.89. The Kier molecular flexibility index (Phi) is 6.21. The topological polar surface area (TPSA) is 66.4 Å². The van der Waals surface area contributed by atoms with Crippen LogP contribution < -0.4 is 5.32 Å². The summed E-state index contributed by atoms with van der Waals surface area (Å²) in [7, 11) is 0. The summed E-state index contributed by atoms with van der Waals surface area (Å²) in [6, 6.07) is 0.0991. The van der Waals surface area contributed by atoms with Gasteiger partial charge in [0, 0.05) is 12.5 Å². The van der Waals surface area contributed by atoms with E-state index in [4.69, 9.17) is 5.11 Å². The Morgan fingerprint density at radius 1 is 1.29 bits per heavy atom. The van der Waals surface area contributed by atoms with Gasteiger partial charge in [0.1, 0.15) is 0 Å². The van der Waals surface area contributed by atoms with Crippen molar-refractivity contribution in [2.24, 2.45) is 11.3 Å². The van der Waals surface area contributed by atoms with E-state index < -0.39 is 11.4 Å². The maximum absolute atomic E-state index is 11.7. The summed E-state index contributed by atoms with van der Waals surface area (Å²) >= 11 is 0. The zero-order valence-electron chi connectivity index (χ0n) is 11.5. The molecule has 0 aliphatic carbocycles. The van der Waals surface area contributed by atoms with E-state index in [9.17, 15) is 9.59 Å². The number of carbonyl (C=O) groups is 2. The molecule has 0 aliphatic heterocycles. The van der Waals surface area contributed by atoms with Crippen LogP contribution >= 0.6 is 0 Å². The van der Waals surface area contributed by atoms with Crippen LogP contribution in [0.5, 0.6) is 0 Å². The molecule has 0 spiro atoms. The third kappa shape index (κ3) is 6.29. The summed E-state index contributed by atoms with van der Waals surface area (Å²) in [6.07, 6.45) is 2.03. The second-order valence-corrected chi connectivity index (χ2v) is 5.58. The van der Waals surface area contributed by atoms with Crippen molar-refractivity contribution in [2.45, 2.75) is 59.9 Å². The van der Waals surface area contributed by atoms with Crippen molar-refractivity contribution in [1.29, 1.82) is 0 Å². The number of hydrogen-bond donors (Lipinski definition) is 2. The molecule has 1 amide bonds. The van der Waals surface area contributed by atoms with Gasteiger partial charge in [-0.15, -0.1) is 0 Å². The molecule has 0 fully saturated rings. The van der Waals surface area contributed by atoms with E-state index in [0.29, 0.717) is 5.92 Å². The van der Waals surface area contributed by atoms with Crippen molar-refractivity contribution >= 4 is 11.9 Å². The summed E-state index contributed by atoms with van der Waals surface area (Å²) in [6.45, 7) is 9.34. The highest BCUT2D eigenvalue weighted by Gasteiger charge is 2.30. The van der Waals surface area contributed by atoms with E-state index in [1.165, 1.54) is 0 Å². The van der Waals surface area contributed by atoms with Gasteiger partial charge >= 0.3 is 5.97 Å². The lowest BCUT2D eigenvalue weighted by Crippen LogP contribution is -2.38. The molecule has 4 nitrogen and oxygen atoms in total. The van der Waals surface area contributed by atoms with E-state index in [2.05, 4.69) is 19.2 Å². The average Bonchev–Trinajstić information content (AvgIpc) is 2.15. The molecule has 0 aromatic rings. The van der Waals surface area contributed by atoms with Crippen LogP contribution in [0.1, 0.15) is 53.9 Å². The fraction of sp³-hybridized carbons (Fsp3) is 0.846. The van der Waals surface area contributed by atoms with Crippen LogP contribution in [0.2, 0.25) is 0 Å². The van der Waals surface area contributed by atoms with Gasteiger partial charge in [0.05, 0.1) is 5.41 Å². The third-order valence-electron chi connectivity index (χ3n) is 3.04. The maximum Gasteiger partial charge on any atom is 0.309 e. The summed E-state index contributed by atoms with van der Waals surface area (Å²) in [4.78, 5) is 22.6. The Morgan fingerprint density at radius 3 is 2.24 bits per heavy atom. The number of nitrogens with one attached hydrogen (secondary N) is 1. The Hall–Kier alpha value is -1.06. The van der Waals surface area contributed by atoms with Crippen LogP contribution in [0.3, 0.4) is 0 Å². The molecule has 0 aromatic heterocycles. The highest BCUT2D eigenvalue weighted by molar-refractivity contribution is 5.84. The monoisotopic (exact) mass is 243 g/mol. The lowest BCUT2D eigenvalue weighted by Gasteiger charge is -2.22. The molecule has 17 heavy (non-hydrogen) atoms. The zero-order valence-corrected chi connectivity index (χ0v) is 11.5. The van der Waals surface area contributed by atoms with Crippen molar-refractivity contribution in [1.82, 2.24) is 5.32 Å². The molecular weight excluding hydrogens is 218 g/mol. The first-order valence-electron chi connectivity index (χ1n) is 6.21. The maximum atomic E-state index is 11.7. The van der Waals surface area contributed by atoms with E-state index in [1.807, 2.05) is 6.92 Å². The van der Waals surface area contributed by atoms with E-state index in [-0.39, 0.29) is 18.4 Å². The third-order valence-corrected chi connectivity index (χ3v) is 3.04. The van der Waals surface area contributed by atoms with Gasteiger partial charge in [0.15, 0.2) is 0 Å². The number of carboxylic acid groups (broad SMARTS) is 1. The van der Waals surface area contributed by atoms with Crippen molar-refractivity contribution < 1.29 is 14.7 Å². The predicted octanol–water partition coefficient (Wildman–Crippen LogP) is 2.43. The largest absolute Gasteiger partial charge is 0.481 e. The first-order valence-corrected chi connectivity index (χ1v) is 6.21. The van der Waals surface area contributed by atoms with Crippen molar-refractivity contribution in [3.63, 3.8) is 0 Å². The summed E-state index contributed by atoms with van der Waals surface area (Å²) in [5, 5.41) is 11.8. The molecule has 0 rings (SSSR count). The molecule has 0 heterocycles. The van der Waals surface area contributed by atoms with Gasteiger partial charge in [-0.2, -0.15) is 0 Å². The van der Waals surface area contributed by atoms with Gasteiger partial charge in [-0.05, 0) is 33.1 Å². The van der Waals surface area contributed by atoms with Crippen LogP contribution in [-0.2, 0) is 9.59 Å². The first kappa shape index (κ1) is 15.9. The molecule has 0 radical (unpaired) electrons. The number of carboxylic acids is 1. The van der Waals surface area contributed by atoms with Crippen LogP contribution in [-0.4, -0.2) is 23.0 Å². The van der Waals surface area contributed by atoms with Gasteiger partial charge < -0.3 is 10.4 Å². The van der Waals surface area contributed by atoms with Gasteiger partial charge in [0.25, 0.3) is 0 Å².